The van der Waals surface area contributed by atoms with Crippen LogP contribution in [0.3, 0.4) is 0 Å². The van der Waals surface area contributed by atoms with Crippen molar-refractivity contribution < 1.29 is 14.7 Å². The Bertz CT molecular complexity index is 1030. The molecule has 0 heterocycles. The SMILES string of the molecule is CC[P+](c1ccccc1)(c1ccccc1)c1ccccc1.O=C([O-])C(=O)c1ccccc1. The summed E-state index contributed by atoms with van der Waals surface area (Å²) >= 11 is 0. The maximum absolute atomic E-state index is 10.7. The van der Waals surface area contributed by atoms with E-state index in [4.69, 9.17) is 0 Å². The van der Waals surface area contributed by atoms with E-state index in [0.717, 1.165) is 6.16 Å². The molecule has 0 fully saturated rings. The Morgan fingerprint density at radius 2 is 0.906 bits per heavy atom. The minimum Gasteiger partial charge on any atom is -0.541 e. The van der Waals surface area contributed by atoms with Gasteiger partial charge in [-0.25, -0.2) is 0 Å². The molecule has 3 nitrogen and oxygen atoms in total. The molecule has 4 rings (SSSR count). The Labute approximate surface area is 189 Å². The first-order chi connectivity index (χ1) is 15.6. The number of rotatable bonds is 6. The van der Waals surface area contributed by atoms with Crippen molar-refractivity contribution >= 4 is 34.9 Å². The highest BCUT2D eigenvalue weighted by atomic mass is 31.2. The summed E-state index contributed by atoms with van der Waals surface area (Å²) in [6.07, 6.45) is 1.14. The predicted octanol–water partition coefficient (Wildman–Crippen LogP) is 3.62. The standard InChI is InChI=1S/C20H20P.C8H6O3/c1-2-21(18-12-6-3-7-13-18,19-14-8-4-9-15-19)20-16-10-5-11-17-20;9-7(8(10)11)6-4-2-1-3-5-6/h3-17H,2H2,1H3;1-5H,(H,10,11)/q+1;/p-1. The Kier molecular flexibility index (Phi) is 8.08. The number of ketones is 1. The number of benzene rings is 4. The van der Waals surface area contributed by atoms with E-state index < -0.39 is 19.0 Å². The Balaban J connectivity index is 0.000000222. The van der Waals surface area contributed by atoms with Crippen LogP contribution in [0.5, 0.6) is 0 Å². The van der Waals surface area contributed by atoms with Crippen LogP contribution in [0.25, 0.3) is 0 Å². The maximum atomic E-state index is 10.7. The summed E-state index contributed by atoms with van der Waals surface area (Å²) in [5, 5.41) is 14.4. The molecule has 0 aliphatic carbocycles. The van der Waals surface area contributed by atoms with E-state index in [1.54, 1.807) is 18.2 Å². The lowest BCUT2D eigenvalue weighted by atomic mass is 10.1. The highest BCUT2D eigenvalue weighted by molar-refractivity contribution is 7.95. The molecule has 0 bridgehead atoms. The first-order valence-electron chi connectivity index (χ1n) is 10.4. The fraction of sp³-hybridized carbons (Fsp3) is 0.0714. The third-order valence-corrected chi connectivity index (χ3v) is 9.77. The van der Waals surface area contributed by atoms with Crippen LogP contribution in [0.4, 0.5) is 0 Å². The normalized spacial score (nSPS) is 10.5. The highest BCUT2D eigenvalue weighted by Gasteiger charge is 2.43. The molecule has 32 heavy (non-hydrogen) atoms. The number of Topliss-reactive ketones (excluding diaryl/α,β-unsaturated/α-hetero) is 1. The monoisotopic (exact) mass is 440 g/mol. The average Bonchev–Trinajstić information content (AvgIpc) is 2.87. The van der Waals surface area contributed by atoms with Gasteiger partial charge in [0, 0.05) is 5.56 Å². The van der Waals surface area contributed by atoms with Crippen LogP contribution in [-0.4, -0.2) is 17.9 Å². The Morgan fingerprint density at radius 3 is 1.19 bits per heavy atom. The van der Waals surface area contributed by atoms with Gasteiger partial charge in [0.1, 0.15) is 29.1 Å². The molecule has 160 valence electrons. The number of carboxylic acid groups (broad SMARTS) is 1. The largest absolute Gasteiger partial charge is 0.541 e. The molecule has 0 saturated heterocycles. The number of hydrogen-bond donors (Lipinski definition) is 0. The zero-order valence-corrected chi connectivity index (χ0v) is 18.8. The number of carbonyl (C=O) groups is 2. The average molecular weight is 440 g/mol. The molecule has 0 N–H and O–H groups in total. The van der Waals surface area contributed by atoms with Crippen LogP contribution < -0.4 is 21.0 Å². The molecule has 4 aromatic carbocycles. The fourth-order valence-electron chi connectivity index (χ4n) is 3.75. The number of hydrogen-bond acceptors (Lipinski definition) is 3. The van der Waals surface area contributed by atoms with E-state index in [9.17, 15) is 14.7 Å². The second kappa shape index (κ2) is 11.2. The zero-order chi connectivity index (χ0) is 22.8. The Hall–Kier alpha value is -3.55. The molecule has 0 saturated carbocycles. The van der Waals surface area contributed by atoms with Crippen molar-refractivity contribution in [3.8, 4) is 0 Å². The molecule has 0 aliphatic heterocycles. The summed E-state index contributed by atoms with van der Waals surface area (Å²) in [4.78, 5) is 20.7. The number of aliphatic carboxylic acids is 1. The van der Waals surface area contributed by atoms with Gasteiger partial charge in [0.05, 0.1) is 6.16 Å². The molecule has 0 unspecified atom stereocenters. The van der Waals surface area contributed by atoms with Crippen molar-refractivity contribution in [3.05, 3.63) is 127 Å². The minimum absolute atomic E-state index is 0.146. The predicted molar refractivity (Wildman–Crippen MR) is 131 cm³/mol. The van der Waals surface area contributed by atoms with Crippen LogP contribution in [-0.2, 0) is 4.79 Å². The molecule has 4 aromatic rings. The summed E-state index contributed by atoms with van der Waals surface area (Å²) in [7, 11) is -1.53. The van der Waals surface area contributed by atoms with Gasteiger partial charge >= 0.3 is 0 Å². The van der Waals surface area contributed by atoms with Gasteiger partial charge in [0.15, 0.2) is 0 Å². The van der Waals surface area contributed by atoms with Crippen LogP contribution in [0.1, 0.15) is 17.3 Å². The summed E-state index contributed by atoms with van der Waals surface area (Å²) in [6.45, 7) is 2.32. The summed E-state index contributed by atoms with van der Waals surface area (Å²) in [5.74, 6) is -2.65. The summed E-state index contributed by atoms with van der Waals surface area (Å²) < 4.78 is 0. The van der Waals surface area contributed by atoms with Gasteiger partial charge in [-0.15, -0.1) is 0 Å². The summed E-state index contributed by atoms with van der Waals surface area (Å²) in [5.41, 5.74) is 0.146. The first-order valence-corrected chi connectivity index (χ1v) is 12.4. The lowest BCUT2D eigenvalue weighted by Crippen LogP contribution is -2.32. The molecule has 0 spiro atoms. The molecule has 0 aromatic heterocycles. The third kappa shape index (κ3) is 5.19. The first kappa shape index (κ1) is 23.1. The van der Waals surface area contributed by atoms with Crippen molar-refractivity contribution in [3.63, 3.8) is 0 Å². The number of carboxylic acids is 1. The lowest BCUT2D eigenvalue weighted by molar-refractivity contribution is -0.296. The van der Waals surface area contributed by atoms with E-state index in [2.05, 4.69) is 97.9 Å². The van der Waals surface area contributed by atoms with Gasteiger partial charge in [-0.3, -0.25) is 4.79 Å². The third-order valence-electron chi connectivity index (χ3n) is 5.29. The zero-order valence-electron chi connectivity index (χ0n) is 17.9. The fourth-order valence-corrected chi connectivity index (χ4v) is 7.78. The summed E-state index contributed by atoms with van der Waals surface area (Å²) in [6, 6.07) is 40.7. The van der Waals surface area contributed by atoms with E-state index >= 15 is 0 Å². The second-order valence-corrected chi connectivity index (χ2v) is 10.9. The quantitative estimate of drug-likeness (QED) is 0.261. The molecule has 0 radical (unpaired) electrons. The van der Waals surface area contributed by atoms with Gasteiger partial charge < -0.3 is 9.90 Å². The molecule has 4 heteroatoms. The van der Waals surface area contributed by atoms with Gasteiger partial charge in [-0.05, 0) is 43.3 Å². The van der Waals surface area contributed by atoms with Gasteiger partial charge in [0.25, 0.3) is 0 Å². The van der Waals surface area contributed by atoms with Crippen molar-refractivity contribution in [2.24, 2.45) is 0 Å². The van der Waals surface area contributed by atoms with Crippen LogP contribution >= 0.6 is 7.26 Å². The molecule has 0 amide bonds. The van der Waals surface area contributed by atoms with E-state index in [1.807, 2.05) is 0 Å². The van der Waals surface area contributed by atoms with E-state index in [-0.39, 0.29) is 5.56 Å². The van der Waals surface area contributed by atoms with Crippen LogP contribution in [0.15, 0.2) is 121 Å². The van der Waals surface area contributed by atoms with Gasteiger partial charge in [-0.2, -0.15) is 0 Å². The Morgan fingerprint density at radius 1 is 0.594 bits per heavy atom. The van der Waals surface area contributed by atoms with Crippen LogP contribution in [0, 0.1) is 0 Å². The lowest BCUT2D eigenvalue weighted by Gasteiger charge is -2.26. The second-order valence-electron chi connectivity index (χ2n) is 7.12. The molecular formula is C28H25O3P. The topological polar surface area (TPSA) is 57.2 Å². The van der Waals surface area contributed by atoms with Gasteiger partial charge in [-0.1, -0.05) is 84.9 Å². The van der Waals surface area contributed by atoms with Crippen LogP contribution in [0.2, 0.25) is 0 Å². The van der Waals surface area contributed by atoms with Crippen molar-refractivity contribution in [1.29, 1.82) is 0 Å². The highest BCUT2D eigenvalue weighted by Crippen LogP contribution is 2.54. The van der Waals surface area contributed by atoms with E-state index in [1.165, 1.54) is 28.0 Å². The van der Waals surface area contributed by atoms with E-state index in [0.29, 0.717) is 0 Å². The van der Waals surface area contributed by atoms with Gasteiger partial charge in [0.2, 0.25) is 5.78 Å². The maximum Gasteiger partial charge on any atom is 0.208 e. The molecular weight excluding hydrogens is 415 g/mol. The smallest absolute Gasteiger partial charge is 0.208 e. The number of carbonyl (C=O) groups excluding carboxylic acids is 2. The molecule has 0 atom stereocenters. The molecule has 0 aliphatic rings. The van der Waals surface area contributed by atoms with Crippen molar-refractivity contribution in [2.75, 3.05) is 6.16 Å². The van der Waals surface area contributed by atoms with Crippen molar-refractivity contribution in [1.82, 2.24) is 0 Å². The minimum atomic E-state index is -1.67. The van der Waals surface area contributed by atoms with Crippen molar-refractivity contribution in [2.45, 2.75) is 6.92 Å².